The molecule has 3 heteroatoms. The third-order valence-electron chi connectivity index (χ3n) is 3.56. The van der Waals surface area contributed by atoms with Crippen molar-refractivity contribution in [3.63, 3.8) is 0 Å². The molecule has 2 atom stereocenters. The number of ether oxygens (including phenoxy) is 2. The van der Waals surface area contributed by atoms with Crippen molar-refractivity contribution in [3.05, 3.63) is 0 Å². The molecule has 0 saturated carbocycles. The van der Waals surface area contributed by atoms with Crippen molar-refractivity contribution in [2.45, 2.75) is 65.3 Å². The Morgan fingerprint density at radius 2 is 1.82 bits per heavy atom. The molecule has 0 spiro atoms. The molecule has 0 amide bonds. The summed E-state index contributed by atoms with van der Waals surface area (Å²) in [5.41, 5.74) is -0.620. The third-order valence-corrected chi connectivity index (χ3v) is 3.56. The molecule has 0 radical (unpaired) electrons. The summed E-state index contributed by atoms with van der Waals surface area (Å²) in [6.45, 7) is 12.1. The smallest absolute Gasteiger partial charge is 0.167 e. The third kappa shape index (κ3) is 3.08. The zero-order chi connectivity index (χ0) is 13.4. The highest BCUT2D eigenvalue weighted by Crippen LogP contribution is 2.43. The van der Waals surface area contributed by atoms with Crippen LogP contribution in [0.1, 0.15) is 48.0 Å². The van der Waals surface area contributed by atoms with E-state index in [4.69, 9.17) is 9.47 Å². The Morgan fingerprint density at radius 1 is 1.29 bits per heavy atom. The summed E-state index contributed by atoms with van der Waals surface area (Å²) in [5, 5.41) is 0. The van der Waals surface area contributed by atoms with Gasteiger partial charge in [0, 0.05) is 7.11 Å². The monoisotopic (exact) mass is 242 g/mol. The van der Waals surface area contributed by atoms with E-state index in [1.807, 2.05) is 41.5 Å². The molecule has 0 aromatic carbocycles. The lowest BCUT2D eigenvalue weighted by Gasteiger charge is -2.29. The summed E-state index contributed by atoms with van der Waals surface area (Å²) < 4.78 is 11.3. The van der Waals surface area contributed by atoms with Gasteiger partial charge in [0.15, 0.2) is 5.78 Å². The van der Waals surface area contributed by atoms with Gasteiger partial charge in [-0.1, -0.05) is 13.8 Å². The fourth-order valence-corrected chi connectivity index (χ4v) is 2.92. The van der Waals surface area contributed by atoms with Gasteiger partial charge in [-0.2, -0.15) is 0 Å². The summed E-state index contributed by atoms with van der Waals surface area (Å²) in [4.78, 5) is 12.5. The first-order valence-electron chi connectivity index (χ1n) is 6.37. The number of hydrogen-bond donors (Lipinski definition) is 0. The van der Waals surface area contributed by atoms with Gasteiger partial charge in [0.1, 0.15) is 6.10 Å². The minimum atomic E-state index is -0.397. The van der Waals surface area contributed by atoms with Crippen LogP contribution in [0.2, 0.25) is 0 Å². The number of carbonyl (C=O) groups excluding carboxylic acids is 1. The van der Waals surface area contributed by atoms with Crippen molar-refractivity contribution < 1.29 is 14.3 Å². The van der Waals surface area contributed by atoms with Crippen LogP contribution >= 0.6 is 0 Å². The minimum absolute atomic E-state index is 0.0788. The van der Waals surface area contributed by atoms with Crippen LogP contribution in [0.5, 0.6) is 0 Å². The van der Waals surface area contributed by atoms with Gasteiger partial charge in [-0.25, -0.2) is 0 Å². The molecule has 3 nitrogen and oxygen atoms in total. The van der Waals surface area contributed by atoms with E-state index < -0.39 is 5.60 Å². The van der Waals surface area contributed by atoms with Crippen LogP contribution in [0.4, 0.5) is 0 Å². The van der Waals surface area contributed by atoms with Gasteiger partial charge in [-0.3, -0.25) is 4.79 Å². The van der Waals surface area contributed by atoms with Crippen LogP contribution < -0.4 is 0 Å². The summed E-state index contributed by atoms with van der Waals surface area (Å²) in [6, 6.07) is 0. The summed E-state index contributed by atoms with van der Waals surface area (Å²) >= 11 is 0. The van der Waals surface area contributed by atoms with Crippen molar-refractivity contribution in [1.82, 2.24) is 0 Å². The molecule has 17 heavy (non-hydrogen) atoms. The average molecular weight is 242 g/mol. The molecule has 0 aromatic rings. The molecule has 0 aliphatic carbocycles. The highest BCUT2D eigenvalue weighted by Gasteiger charge is 2.50. The Bertz CT molecular complexity index is 292. The van der Waals surface area contributed by atoms with Crippen molar-refractivity contribution in [2.75, 3.05) is 7.11 Å². The lowest BCUT2D eigenvalue weighted by molar-refractivity contribution is -0.141. The molecule has 1 aliphatic rings. The van der Waals surface area contributed by atoms with Crippen LogP contribution in [0, 0.1) is 11.8 Å². The predicted molar refractivity (Wildman–Crippen MR) is 68.0 cm³/mol. The highest BCUT2D eigenvalue weighted by molar-refractivity contribution is 5.87. The van der Waals surface area contributed by atoms with Crippen molar-refractivity contribution in [1.29, 1.82) is 0 Å². The first kappa shape index (κ1) is 14.7. The zero-order valence-corrected chi connectivity index (χ0v) is 12.2. The van der Waals surface area contributed by atoms with Crippen LogP contribution in [0.25, 0.3) is 0 Å². The SMILES string of the molecule is COC(C(=O)C1CC(C)(C)OC1(C)C)C(C)C. The number of rotatable bonds is 4. The van der Waals surface area contributed by atoms with Crippen molar-refractivity contribution >= 4 is 5.78 Å². The normalized spacial score (nSPS) is 28.4. The first-order chi connectivity index (χ1) is 7.60. The standard InChI is InChI=1S/C14H26O3/c1-9(2)12(16-7)11(15)10-8-13(3,4)17-14(10,5)6/h9-10,12H,8H2,1-7H3. The van der Waals surface area contributed by atoms with E-state index in [9.17, 15) is 4.79 Å². The molecular formula is C14H26O3. The maximum Gasteiger partial charge on any atom is 0.167 e. The van der Waals surface area contributed by atoms with E-state index in [2.05, 4.69) is 0 Å². The average Bonchev–Trinajstić information content (AvgIpc) is 2.34. The van der Waals surface area contributed by atoms with E-state index in [0.717, 1.165) is 6.42 Å². The van der Waals surface area contributed by atoms with Gasteiger partial charge in [0.25, 0.3) is 0 Å². The fourth-order valence-electron chi connectivity index (χ4n) is 2.92. The molecule has 1 fully saturated rings. The van der Waals surface area contributed by atoms with Gasteiger partial charge in [-0.15, -0.1) is 0 Å². The Kier molecular flexibility index (Phi) is 4.04. The number of carbonyl (C=O) groups is 1. The Labute approximate surface area is 105 Å². The molecule has 2 unspecified atom stereocenters. The number of methoxy groups -OCH3 is 1. The molecule has 100 valence electrons. The topological polar surface area (TPSA) is 35.5 Å². The Hall–Kier alpha value is -0.410. The molecule has 1 rings (SSSR count). The predicted octanol–water partition coefficient (Wildman–Crippen LogP) is 2.82. The van der Waals surface area contributed by atoms with Gasteiger partial charge in [0.2, 0.25) is 0 Å². The molecule has 0 N–H and O–H groups in total. The van der Waals surface area contributed by atoms with E-state index in [1.54, 1.807) is 7.11 Å². The van der Waals surface area contributed by atoms with E-state index in [-0.39, 0.29) is 29.3 Å². The molecule has 0 bridgehead atoms. The summed E-state index contributed by atoms with van der Waals surface area (Å²) in [5.74, 6) is 0.301. The van der Waals surface area contributed by atoms with E-state index in [1.165, 1.54) is 0 Å². The summed E-state index contributed by atoms with van der Waals surface area (Å²) in [6.07, 6.45) is 0.447. The molecule has 1 heterocycles. The molecular weight excluding hydrogens is 216 g/mol. The number of Topliss-reactive ketones (excluding diaryl/α,β-unsaturated/α-hetero) is 1. The maximum absolute atomic E-state index is 12.5. The fraction of sp³-hybridized carbons (Fsp3) is 0.929. The second-order valence-corrected chi connectivity index (χ2v) is 6.52. The lowest BCUT2D eigenvalue weighted by Crippen LogP contribution is -2.41. The number of hydrogen-bond acceptors (Lipinski definition) is 3. The number of ketones is 1. The minimum Gasteiger partial charge on any atom is -0.373 e. The van der Waals surface area contributed by atoms with E-state index >= 15 is 0 Å². The largest absolute Gasteiger partial charge is 0.373 e. The maximum atomic E-state index is 12.5. The molecule has 1 aliphatic heterocycles. The van der Waals surface area contributed by atoms with E-state index in [0.29, 0.717) is 0 Å². The molecule has 0 aromatic heterocycles. The van der Waals surface area contributed by atoms with Crippen LogP contribution in [0.15, 0.2) is 0 Å². The van der Waals surface area contributed by atoms with Gasteiger partial charge in [0.05, 0.1) is 17.1 Å². The zero-order valence-electron chi connectivity index (χ0n) is 12.2. The lowest BCUT2D eigenvalue weighted by atomic mass is 9.80. The van der Waals surface area contributed by atoms with Crippen LogP contribution in [0.3, 0.4) is 0 Å². The Morgan fingerprint density at radius 3 is 2.12 bits per heavy atom. The Balaban J connectivity index is 2.89. The van der Waals surface area contributed by atoms with Crippen molar-refractivity contribution in [2.24, 2.45) is 11.8 Å². The second kappa shape index (κ2) is 4.69. The second-order valence-electron chi connectivity index (χ2n) is 6.52. The van der Waals surface area contributed by atoms with Gasteiger partial charge in [-0.05, 0) is 40.0 Å². The first-order valence-corrected chi connectivity index (χ1v) is 6.37. The van der Waals surface area contributed by atoms with Crippen molar-refractivity contribution in [3.8, 4) is 0 Å². The van der Waals surface area contributed by atoms with Crippen LogP contribution in [-0.4, -0.2) is 30.2 Å². The molecule has 1 saturated heterocycles. The van der Waals surface area contributed by atoms with Gasteiger partial charge < -0.3 is 9.47 Å². The van der Waals surface area contributed by atoms with Gasteiger partial charge >= 0.3 is 0 Å². The highest BCUT2D eigenvalue weighted by atomic mass is 16.5. The quantitative estimate of drug-likeness (QED) is 0.760. The summed E-state index contributed by atoms with van der Waals surface area (Å²) in [7, 11) is 1.61. The van der Waals surface area contributed by atoms with Crippen LogP contribution in [-0.2, 0) is 14.3 Å².